The van der Waals surface area contributed by atoms with Gasteiger partial charge in [0.15, 0.2) is 0 Å². The Labute approximate surface area is 124 Å². The predicted octanol–water partition coefficient (Wildman–Crippen LogP) is 1.39. The first-order valence-corrected chi connectivity index (χ1v) is 7.36. The second-order valence-electron chi connectivity index (χ2n) is 5.45. The van der Waals surface area contributed by atoms with Gasteiger partial charge in [-0.05, 0) is 33.1 Å². The molecule has 1 aliphatic heterocycles. The zero-order chi connectivity index (χ0) is 15.6. The van der Waals surface area contributed by atoms with E-state index in [9.17, 15) is 9.59 Å². The van der Waals surface area contributed by atoms with E-state index in [0.717, 1.165) is 36.5 Å². The first kappa shape index (κ1) is 15.3. The summed E-state index contributed by atoms with van der Waals surface area (Å²) in [5, 5.41) is 7.31. The second kappa shape index (κ2) is 6.15. The number of nitrogens with zero attached hydrogens (tertiary/aromatic N) is 3. The van der Waals surface area contributed by atoms with E-state index in [4.69, 9.17) is 5.73 Å². The van der Waals surface area contributed by atoms with Gasteiger partial charge in [-0.25, -0.2) is 4.79 Å². The van der Waals surface area contributed by atoms with Gasteiger partial charge < -0.3 is 16.0 Å². The van der Waals surface area contributed by atoms with Gasteiger partial charge in [0.05, 0.1) is 17.1 Å². The lowest BCUT2D eigenvalue weighted by molar-refractivity contribution is -0.121. The number of rotatable bonds is 4. The summed E-state index contributed by atoms with van der Waals surface area (Å²) in [5.74, 6) is -0.447. The van der Waals surface area contributed by atoms with Gasteiger partial charge in [0, 0.05) is 13.1 Å². The van der Waals surface area contributed by atoms with Crippen LogP contribution in [0.1, 0.15) is 37.6 Å². The minimum Gasteiger partial charge on any atom is -0.368 e. The Kier molecular flexibility index (Phi) is 4.50. The van der Waals surface area contributed by atoms with Crippen molar-refractivity contribution in [2.45, 2.75) is 52.6 Å². The van der Waals surface area contributed by atoms with Crippen LogP contribution in [0.25, 0.3) is 0 Å². The average Bonchev–Trinajstić information content (AvgIpc) is 3.00. The van der Waals surface area contributed by atoms with Gasteiger partial charge in [-0.1, -0.05) is 6.92 Å². The van der Waals surface area contributed by atoms with E-state index in [2.05, 4.69) is 17.3 Å². The Bertz CT molecular complexity index is 552. The maximum atomic E-state index is 12.4. The largest absolute Gasteiger partial charge is 0.368 e. The summed E-state index contributed by atoms with van der Waals surface area (Å²) >= 11 is 0. The van der Waals surface area contributed by atoms with Crippen molar-refractivity contribution >= 4 is 17.6 Å². The lowest BCUT2D eigenvalue weighted by Crippen LogP contribution is -2.45. The predicted molar refractivity (Wildman–Crippen MR) is 79.9 cm³/mol. The van der Waals surface area contributed by atoms with Crippen LogP contribution in [0.15, 0.2) is 0 Å². The third-order valence-electron chi connectivity index (χ3n) is 3.89. The molecule has 2 rings (SSSR count). The van der Waals surface area contributed by atoms with E-state index in [1.54, 1.807) is 0 Å². The fourth-order valence-corrected chi connectivity index (χ4v) is 2.79. The molecule has 0 saturated carbocycles. The summed E-state index contributed by atoms with van der Waals surface area (Å²) in [5.41, 5.74) is 7.78. The first-order chi connectivity index (χ1) is 9.95. The van der Waals surface area contributed by atoms with Crippen LogP contribution in [-0.4, -0.2) is 39.2 Å². The highest BCUT2D eigenvalue weighted by Crippen LogP contribution is 2.23. The maximum absolute atomic E-state index is 12.4. The van der Waals surface area contributed by atoms with Gasteiger partial charge in [0.1, 0.15) is 6.04 Å². The Balaban J connectivity index is 2.14. The molecular formula is C14H23N5O2. The van der Waals surface area contributed by atoms with Crippen molar-refractivity contribution < 1.29 is 9.59 Å². The van der Waals surface area contributed by atoms with Crippen molar-refractivity contribution in [3.05, 3.63) is 11.4 Å². The summed E-state index contributed by atoms with van der Waals surface area (Å²) < 4.78 is 1.89. The Morgan fingerprint density at radius 1 is 1.43 bits per heavy atom. The molecular weight excluding hydrogens is 270 g/mol. The molecule has 0 aromatic carbocycles. The lowest BCUT2D eigenvalue weighted by atomic mass is 10.2. The molecule has 0 unspecified atom stereocenters. The Morgan fingerprint density at radius 2 is 2.14 bits per heavy atom. The highest BCUT2D eigenvalue weighted by molar-refractivity contribution is 5.94. The van der Waals surface area contributed by atoms with Gasteiger partial charge in [0.2, 0.25) is 5.91 Å². The van der Waals surface area contributed by atoms with Gasteiger partial charge in [0.25, 0.3) is 0 Å². The normalized spacial score (nSPS) is 18.0. The molecule has 1 saturated heterocycles. The van der Waals surface area contributed by atoms with E-state index in [-0.39, 0.29) is 6.03 Å². The molecule has 3 amide bonds. The number of hydrogen-bond donors (Lipinski definition) is 2. The number of urea groups is 1. The SMILES string of the molecule is CCCn1nc(C)c(NC(=O)N2CCC[C@@H]2C(N)=O)c1C. The zero-order valence-corrected chi connectivity index (χ0v) is 12.8. The molecule has 1 aliphatic rings. The third kappa shape index (κ3) is 3.01. The zero-order valence-electron chi connectivity index (χ0n) is 12.8. The van der Waals surface area contributed by atoms with Crippen LogP contribution in [0.3, 0.4) is 0 Å². The molecule has 7 nitrogen and oxygen atoms in total. The summed E-state index contributed by atoms with van der Waals surface area (Å²) in [6.07, 6.45) is 2.41. The number of carbonyl (C=O) groups is 2. The Hall–Kier alpha value is -2.05. The standard InChI is InChI=1S/C14H23N5O2/c1-4-7-19-10(3)12(9(2)17-19)16-14(21)18-8-5-6-11(18)13(15)20/h11H,4-8H2,1-3H3,(H2,15,20)(H,16,21)/t11-/m1/s1. The number of amides is 3. The van der Waals surface area contributed by atoms with E-state index in [0.29, 0.717) is 13.0 Å². The maximum Gasteiger partial charge on any atom is 0.322 e. The van der Waals surface area contributed by atoms with Gasteiger partial charge >= 0.3 is 6.03 Å². The summed E-state index contributed by atoms with van der Waals surface area (Å²) in [4.78, 5) is 25.3. The topological polar surface area (TPSA) is 93.2 Å². The number of aromatic nitrogens is 2. The van der Waals surface area contributed by atoms with Crippen LogP contribution in [0, 0.1) is 13.8 Å². The molecule has 1 aromatic rings. The number of nitrogens with one attached hydrogen (secondary N) is 1. The fraction of sp³-hybridized carbons (Fsp3) is 0.643. The molecule has 1 aromatic heterocycles. The first-order valence-electron chi connectivity index (χ1n) is 7.36. The highest BCUT2D eigenvalue weighted by Gasteiger charge is 2.33. The van der Waals surface area contributed by atoms with Crippen molar-refractivity contribution in [2.24, 2.45) is 5.73 Å². The minimum absolute atomic E-state index is 0.279. The van der Waals surface area contributed by atoms with Crippen LogP contribution < -0.4 is 11.1 Å². The van der Waals surface area contributed by atoms with E-state index in [1.807, 2.05) is 18.5 Å². The molecule has 7 heteroatoms. The van der Waals surface area contributed by atoms with Gasteiger partial charge in [-0.3, -0.25) is 9.48 Å². The van der Waals surface area contributed by atoms with Crippen molar-refractivity contribution in [2.75, 3.05) is 11.9 Å². The van der Waals surface area contributed by atoms with Crippen molar-refractivity contribution in [1.29, 1.82) is 0 Å². The van der Waals surface area contributed by atoms with E-state index in [1.165, 1.54) is 4.90 Å². The quantitative estimate of drug-likeness (QED) is 0.878. The van der Waals surface area contributed by atoms with Crippen LogP contribution in [0.4, 0.5) is 10.5 Å². The molecule has 0 spiro atoms. The molecule has 0 aliphatic carbocycles. The second-order valence-corrected chi connectivity index (χ2v) is 5.45. The third-order valence-corrected chi connectivity index (χ3v) is 3.89. The van der Waals surface area contributed by atoms with Crippen LogP contribution in [-0.2, 0) is 11.3 Å². The van der Waals surface area contributed by atoms with Crippen molar-refractivity contribution in [3.8, 4) is 0 Å². The molecule has 3 N–H and O–H groups in total. The number of hydrogen-bond acceptors (Lipinski definition) is 3. The number of primary amides is 1. The number of carbonyl (C=O) groups excluding carboxylic acids is 2. The Morgan fingerprint density at radius 3 is 2.76 bits per heavy atom. The molecule has 116 valence electrons. The monoisotopic (exact) mass is 293 g/mol. The fourth-order valence-electron chi connectivity index (χ4n) is 2.79. The molecule has 0 radical (unpaired) electrons. The van der Waals surface area contributed by atoms with Crippen molar-refractivity contribution in [1.82, 2.24) is 14.7 Å². The summed E-state index contributed by atoms with van der Waals surface area (Å²) in [6, 6.07) is -0.783. The lowest BCUT2D eigenvalue weighted by Gasteiger charge is -2.22. The summed E-state index contributed by atoms with van der Waals surface area (Å²) in [6.45, 7) is 7.25. The number of aryl methyl sites for hydroxylation is 2. The van der Waals surface area contributed by atoms with Gasteiger partial charge in [-0.15, -0.1) is 0 Å². The van der Waals surface area contributed by atoms with Crippen LogP contribution in [0.2, 0.25) is 0 Å². The van der Waals surface area contributed by atoms with E-state index >= 15 is 0 Å². The minimum atomic E-state index is -0.503. The highest BCUT2D eigenvalue weighted by atomic mass is 16.2. The van der Waals surface area contributed by atoms with Crippen LogP contribution >= 0.6 is 0 Å². The number of anilines is 1. The summed E-state index contributed by atoms with van der Waals surface area (Å²) in [7, 11) is 0. The number of likely N-dealkylation sites (tertiary alicyclic amines) is 1. The number of nitrogens with two attached hydrogens (primary N) is 1. The smallest absolute Gasteiger partial charge is 0.322 e. The molecule has 21 heavy (non-hydrogen) atoms. The van der Waals surface area contributed by atoms with Crippen molar-refractivity contribution in [3.63, 3.8) is 0 Å². The molecule has 2 heterocycles. The van der Waals surface area contributed by atoms with E-state index < -0.39 is 11.9 Å². The molecule has 0 bridgehead atoms. The van der Waals surface area contributed by atoms with Crippen LogP contribution in [0.5, 0.6) is 0 Å². The molecule has 1 fully saturated rings. The van der Waals surface area contributed by atoms with Gasteiger partial charge in [-0.2, -0.15) is 5.10 Å². The average molecular weight is 293 g/mol. The molecule has 1 atom stereocenters.